The molecule has 0 spiro atoms. The van der Waals surface area contributed by atoms with E-state index in [2.05, 4.69) is 29.3 Å². The van der Waals surface area contributed by atoms with Crippen LogP contribution in [0, 0.1) is 0 Å². The van der Waals surface area contributed by atoms with Crippen LogP contribution < -0.4 is 9.47 Å². The highest BCUT2D eigenvalue weighted by molar-refractivity contribution is 5.44. The fourth-order valence-corrected chi connectivity index (χ4v) is 3.07. The first kappa shape index (κ1) is 22.5. The average Bonchev–Trinajstić information content (AvgIpc) is 2.84. The lowest BCUT2D eigenvalue weighted by Gasteiger charge is -2.16. The van der Waals surface area contributed by atoms with Crippen LogP contribution in [0.15, 0.2) is 89.1 Å². The van der Waals surface area contributed by atoms with Gasteiger partial charge in [0.05, 0.1) is 37.8 Å². The quantitative estimate of drug-likeness (QED) is 0.230. The summed E-state index contributed by atoms with van der Waals surface area (Å²) in [5, 5.41) is 8.50. The van der Waals surface area contributed by atoms with Crippen molar-refractivity contribution in [3.8, 4) is 11.5 Å². The molecule has 0 radical (unpaired) electrons. The zero-order valence-electron chi connectivity index (χ0n) is 18.2. The number of methoxy groups -OCH3 is 1. The topological polar surface area (TPSA) is 52.4 Å². The second kappa shape index (κ2) is 12.5. The third-order valence-electron chi connectivity index (χ3n) is 4.91. The first-order valence-electron chi connectivity index (χ1n) is 10.7. The van der Waals surface area contributed by atoms with Gasteiger partial charge in [-0.15, -0.1) is 0 Å². The Morgan fingerprint density at radius 3 is 1.97 bits per heavy atom. The zero-order valence-corrected chi connectivity index (χ0v) is 18.2. The summed E-state index contributed by atoms with van der Waals surface area (Å²) in [4.78, 5) is 0. The molecule has 0 aromatic heterocycles. The van der Waals surface area contributed by atoms with Crippen molar-refractivity contribution in [1.29, 1.82) is 0 Å². The Kier molecular flexibility index (Phi) is 9.07. The van der Waals surface area contributed by atoms with Crippen LogP contribution >= 0.6 is 0 Å². The Labute approximate surface area is 184 Å². The van der Waals surface area contributed by atoms with Crippen molar-refractivity contribution >= 4 is 11.4 Å². The zero-order chi connectivity index (χ0) is 21.7. The number of azo groups is 1. The predicted molar refractivity (Wildman–Crippen MR) is 124 cm³/mol. The lowest BCUT2D eigenvalue weighted by Crippen LogP contribution is -2.13. The van der Waals surface area contributed by atoms with Crippen LogP contribution in [0.5, 0.6) is 11.5 Å². The molecule has 0 bridgehead atoms. The lowest BCUT2D eigenvalue weighted by molar-refractivity contribution is 0.0291. The van der Waals surface area contributed by atoms with E-state index in [4.69, 9.17) is 14.2 Å². The minimum absolute atomic E-state index is 0.254. The molecule has 0 N–H and O–H groups in total. The largest absolute Gasteiger partial charge is 0.497 e. The molecule has 162 valence electrons. The van der Waals surface area contributed by atoms with Gasteiger partial charge in [0.2, 0.25) is 0 Å². The number of nitrogens with zero attached hydrogens (tertiary/aromatic N) is 2. The highest BCUT2D eigenvalue weighted by Crippen LogP contribution is 2.23. The maximum atomic E-state index is 6.04. The summed E-state index contributed by atoms with van der Waals surface area (Å²) in [6.45, 7) is 3.49. The Morgan fingerprint density at radius 2 is 1.39 bits per heavy atom. The number of hydrogen-bond donors (Lipinski definition) is 0. The van der Waals surface area contributed by atoms with Gasteiger partial charge in [-0.3, -0.25) is 0 Å². The van der Waals surface area contributed by atoms with Crippen LogP contribution in [0.1, 0.15) is 31.7 Å². The number of ether oxygens (including phenoxy) is 3. The standard InChI is InChI=1S/C26H30N2O3/c1-3-24(31-20-21-8-5-4-6-9-21)10-7-19-30-26-17-13-23(14-18-26)28-27-22-11-15-25(29-2)16-12-22/h4-6,8-9,11-18,24H,3,7,10,19-20H2,1-2H3. The van der Waals surface area contributed by atoms with E-state index in [1.54, 1.807) is 7.11 Å². The summed E-state index contributed by atoms with van der Waals surface area (Å²) in [7, 11) is 1.64. The van der Waals surface area contributed by atoms with Gasteiger partial charge in [-0.2, -0.15) is 10.2 Å². The minimum atomic E-state index is 0.254. The van der Waals surface area contributed by atoms with Crippen molar-refractivity contribution in [3.05, 3.63) is 84.4 Å². The number of hydrogen-bond acceptors (Lipinski definition) is 5. The van der Waals surface area contributed by atoms with Gasteiger partial charge in [0.15, 0.2) is 0 Å². The second-order valence-corrected chi connectivity index (χ2v) is 7.21. The molecule has 5 heteroatoms. The molecular formula is C26H30N2O3. The first-order chi connectivity index (χ1) is 15.3. The van der Waals surface area contributed by atoms with E-state index in [1.165, 1.54) is 5.56 Å². The number of rotatable bonds is 12. The van der Waals surface area contributed by atoms with E-state index < -0.39 is 0 Å². The Hall–Kier alpha value is -3.18. The lowest BCUT2D eigenvalue weighted by atomic mass is 10.1. The minimum Gasteiger partial charge on any atom is -0.497 e. The molecule has 31 heavy (non-hydrogen) atoms. The van der Waals surface area contributed by atoms with Crippen molar-refractivity contribution < 1.29 is 14.2 Å². The molecule has 0 saturated heterocycles. The van der Waals surface area contributed by atoms with Gasteiger partial charge in [-0.1, -0.05) is 37.3 Å². The molecule has 0 aliphatic rings. The van der Waals surface area contributed by atoms with Crippen LogP contribution in [0.25, 0.3) is 0 Å². The van der Waals surface area contributed by atoms with Crippen molar-refractivity contribution in [1.82, 2.24) is 0 Å². The molecule has 0 fully saturated rings. The normalized spacial score (nSPS) is 12.1. The van der Waals surface area contributed by atoms with Gasteiger partial charge in [0, 0.05) is 0 Å². The maximum Gasteiger partial charge on any atom is 0.119 e. The molecule has 3 aromatic carbocycles. The highest BCUT2D eigenvalue weighted by Gasteiger charge is 2.07. The first-order valence-corrected chi connectivity index (χ1v) is 10.7. The van der Waals surface area contributed by atoms with Crippen LogP contribution in [0.2, 0.25) is 0 Å². The molecule has 0 aliphatic heterocycles. The molecule has 5 nitrogen and oxygen atoms in total. The fraction of sp³-hybridized carbons (Fsp3) is 0.308. The van der Waals surface area contributed by atoms with E-state index >= 15 is 0 Å². The summed E-state index contributed by atoms with van der Waals surface area (Å²) < 4.78 is 17.0. The molecule has 0 aliphatic carbocycles. The molecular weight excluding hydrogens is 388 g/mol. The smallest absolute Gasteiger partial charge is 0.119 e. The third-order valence-corrected chi connectivity index (χ3v) is 4.91. The van der Waals surface area contributed by atoms with Gasteiger partial charge in [0.1, 0.15) is 11.5 Å². The molecule has 0 saturated carbocycles. The summed E-state index contributed by atoms with van der Waals surface area (Å²) in [6, 6.07) is 25.4. The second-order valence-electron chi connectivity index (χ2n) is 7.21. The van der Waals surface area contributed by atoms with E-state index in [-0.39, 0.29) is 6.10 Å². The van der Waals surface area contributed by atoms with Gasteiger partial charge in [0.25, 0.3) is 0 Å². The van der Waals surface area contributed by atoms with Crippen LogP contribution in [0.4, 0.5) is 11.4 Å². The van der Waals surface area contributed by atoms with E-state index in [0.717, 1.165) is 42.1 Å². The molecule has 1 atom stereocenters. The van der Waals surface area contributed by atoms with Crippen LogP contribution in [-0.4, -0.2) is 19.8 Å². The van der Waals surface area contributed by atoms with Gasteiger partial charge in [-0.25, -0.2) is 0 Å². The van der Waals surface area contributed by atoms with Crippen molar-refractivity contribution in [2.75, 3.05) is 13.7 Å². The van der Waals surface area contributed by atoms with E-state index in [9.17, 15) is 0 Å². The van der Waals surface area contributed by atoms with Crippen LogP contribution in [0.3, 0.4) is 0 Å². The maximum absolute atomic E-state index is 6.04. The fourth-order valence-electron chi connectivity index (χ4n) is 3.07. The Bertz CT molecular complexity index is 910. The van der Waals surface area contributed by atoms with Crippen LogP contribution in [-0.2, 0) is 11.3 Å². The van der Waals surface area contributed by atoms with Crippen molar-refractivity contribution in [2.24, 2.45) is 10.2 Å². The Balaban J connectivity index is 1.37. The highest BCUT2D eigenvalue weighted by atomic mass is 16.5. The molecule has 0 heterocycles. The van der Waals surface area contributed by atoms with E-state index in [0.29, 0.717) is 13.2 Å². The summed E-state index contributed by atoms with van der Waals surface area (Å²) in [5.74, 6) is 1.63. The molecule has 3 rings (SSSR count). The monoisotopic (exact) mass is 418 g/mol. The Morgan fingerprint density at radius 1 is 0.774 bits per heavy atom. The summed E-state index contributed by atoms with van der Waals surface area (Å²) in [5.41, 5.74) is 2.77. The van der Waals surface area contributed by atoms with E-state index in [1.807, 2.05) is 66.7 Å². The van der Waals surface area contributed by atoms with Gasteiger partial charge >= 0.3 is 0 Å². The number of benzene rings is 3. The van der Waals surface area contributed by atoms with Crippen molar-refractivity contribution in [3.63, 3.8) is 0 Å². The molecule has 3 aromatic rings. The summed E-state index contributed by atoms with van der Waals surface area (Å²) >= 11 is 0. The van der Waals surface area contributed by atoms with Gasteiger partial charge < -0.3 is 14.2 Å². The molecule has 1 unspecified atom stereocenters. The van der Waals surface area contributed by atoms with Crippen molar-refractivity contribution in [2.45, 2.75) is 38.9 Å². The average molecular weight is 419 g/mol. The third kappa shape index (κ3) is 7.87. The van der Waals surface area contributed by atoms with Gasteiger partial charge in [-0.05, 0) is 73.4 Å². The predicted octanol–water partition coefficient (Wildman–Crippen LogP) is 7.27. The molecule has 0 amide bonds. The SMILES string of the molecule is CCC(CCCOc1ccc(N=Nc2ccc(OC)cc2)cc1)OCc1ccccc1. The summed E-state index contributed by atoms with van der Waals surface area (Å²) in [6.07, 6.45) is 3.19.